The zero-order valence-electron chi connectivity index (χ0n) is 29.0. The number of nitrogens with one attached hydrogen (secondary N) is 4. The van der Waals surface area contributed by atoms with Crippen LogP contribution in [0, 0.1) is 5.82 Å². The molecule has 0 unspecified atom stereocenters. The van der Waals surface area contributed by atoms with Gasteiger partial charge in [0.1, 0.15) is 18.3 Å². The lowest BCUT2D eigenvalue weighted by Gasteiger charge is -2.31. The number of anilines is 1. The Bertz CT molecular complexity index is 2310. The number of cyclic esters (lactones) is 1. The van der Waals surface area contributed by atoms with E-state index >= 15 is 4.39 Å². The van der Waals surface area contributed by atoms with E-state index in [1.54, 1.807) is 43.3 Å². The summed E-state index contributed by atoms with van der Waals surface area (Å²) in [6, 6.07) is 10.4. The monoisotopic (exact) mass is 741 g/mol. The predicted molar refractivity (Wildman–Crippen MR) is 189 cm³/mol. The molecule has 0 radical (unpaired) electrons. The number of carbonyl (C=O) groups excluding carboxylic acids is 5. The summed E-state index contributed by atoms with van der Waals surface area (Å²) in [5.74, 6) is -4.36. The first-order valence-corrected chi connectivity index (χ1v) is 17.3. The number of hydrogen-bond acceptors (Lipinski definition) is 11. The molecule has 4 amide bonds. The number of benzene rings is 2. The van der Waals surface area contributed by atoms with Crippen LogP contribution in [0.4, 0.5) is 10.1 Å². The molecule has 3 aliphatic heterocycles. The molecule has 0 saturated carbocycles. The number of carbonyl (C=O) groups is 5. The molecule has 2 aromatic heterocycles. The zero-order chi connectivity index (χ0) is 38.3. The number of aromatic nitrogens is 2. The maximum Gasteiger partial charge on any atom is 0.343 e. The number of pyridine rings is 2. The fraction of sp³-hybridized carbons (Fsp3) is 0.324. The van der Waals surface area contributed by atoms with Crippen LogP contribution in [-0.2, 0) is 60.3 Å². The standard InChI is InChI=1S/C37H36FN7O9/c1-2-37(52)22-11-26-31-20(16-45(26)35(50)21(22)17-54-36(37)51)19-8-9-53-33-30(19)24(43-31)12-23(38)32(33)44-29(48)15-41-34(49)25(10-18-6-4-3-5-7-18)42-28(47)14-40-27(46)13-39/h3-7,11-12,25,52H,2,8-10,13-17,39H2,1H3,(H,40,46)(H,41,49)(H,42,47)(H,44,48)/t25-,37-/m0/s1. The number of fused-ring (bicyclic) bond motifs is 5. The minimum atomic E-state index is -2.00. The Morgan fingerprint density at radius 2 is 1.78 bits per heavy atom. The van der Waals surface area contributed by atoms with E-state index in [1.165, 1.54) is 4.57 Å². The number of ether oxygens (including phenoxy) is 2. The van der Waals surface area contributed by atoms with E-state index in [0.29, 0.717) is 28.8 Å². The summed E-state index contributed by atoms with van der Waals surface area (Å²) in [6.45, 7) is 0.253. The van der Waals surface area contributed by atoms with E-state index in [9.17, 15) is 33.9 Å². The summed E-state index contributed by atoms with van der Waals surface area (Å²) in [5, 5.41) is 21.5. The van der Waals surface area contributed by atoms with Crippen LogP contribution in [-0.4, -0.2) is 76.5 Å². The van der Waals surface area contributed by atoms with Crippen molar-refractivity contribution in [2.45, 2.75) is 51.0 Å². The van der Waals surface area contributed by atoms with E-state index < -0.39 is 65.7 Å². The van der Waals surface area contributed by atoms with Gasteiger partial charge in [0.25, 0.3) is 5.56 Å². The average molecular weight is 742 g/mol. The van der Waals surface area contributed by atoms with Crippen LogP contribution in [0.2, 0.25) is 0 Å². The molecule has 54 heavy (non-hydrogen) atoms. The van der Waals surface area contributed by atoms with Crippen molar-refractivity contribution in [3.63, 3.8) is 0 Å². The van der Waals surface area contributed by atoms with Crippen molar-refractivity contribution in [1.29, 1.82) is 0 Å². The van der Waals surface area contributed by atoms with Crippen LogP contribution in [0.1, 0.15) is 41.2 Å². The third kappa shape index (κ3) is 6.40. The summed E-state index contributed by atoms with van der Waals surface area (Å²) >= 11 is 0. The molecule has 3 aliphatic rings. The van der Waals surface area contributed by atoms with E-state index in [2.05, 4.69) is 21.3 Å². The number of hydrogen-bond donors (Lipinski definition) is 6. The number of nitrogens with two attached hydrogens (primary N) is 1. The smallest absolute Gasteiger partial charge is 0.343 e. The molecule has 0 saturated heterocycles. The number of halogens is 1. The van der Waals surface area contributed by atoms with Gasteiger partial charge < -0.3 is 46.1 Å². The first-order chi connectivity index (χ1) is 25.9. The number of nitrogens with zero attached hydrogens (tertiary/aromatic N) is 2. The Balaban J connectivity index is 1.13. The molecule has 0 aliphatic carbocycles. The summed E-state index contributed by atoms with van der Waals surface area (Å²) in [7, 11) is 0. The lowest BCUT2D eigenvalue weighted by atomic mass is 9.86. The molecule has 16 nitrogen and oxygen atoms in total. The van der Waals surface area contributed by atoms with E-state index in [1.807, 2.05) is 0 Å². The van der Waals surface area contributed by atoms with Gasteiger partial charge in [-0.05, 0) is 23.6 Å². The topological polar surface area (TPSA) is 233 Å². The fourth-order valence-corrected chi connectivity index (χ4v) is 7.09. The maximum atomic E-state index is 15.8. The van der Waals surface area contributed by atoms with E-state index in [-0.39, 0.29) is 67.2 Å². The van der Waals surface area contributed by atoms with Gasteiger partial charge in [-0.3, -0.25) is 24.0 Å². The van der Waals surface area contributed by atoms with Gasteiger partial charge >= 0.3 is 5.97 Å². The van der Waals surface area contributed by atoms with Gasteiger partial charge in [0.05, 0.1) is 55.3 Å². The number of amides is 4. The van der Waals surface area contributed by atoms with Gasteiger partial charge in [-0.1, -0.05) is 37.3 Å². The second kappa shape index (κ2) is 14.3. The molecule has 2 atom stereocenters. The van der Waals surface area contributed by atoms with Crippen LogP contribution in [0.25, 0.3) is 22.3 Å². The van der Waals surface area contributed by atoms with Gasteiger partial charge in [-0.2, -0.15) is 0 Å². The highest BCUT2D eigenvalue weighted by Crippen LogP contribution is 2.46. The fourth-order valence-electron chi connectivity index (χ4n) is 7.09. The number of rotatable bonds is 11. The second-order valence-electron chi connectivity index (χ2n) is 13.1. The first-order valence-electron chi connectivity index (χ1n) is 17.3. The minimum absolute atomic E-state index is 0.0174. The van der Waals surface area contributed by atoms with Crippen molar-refractivity contribution in [2.75, 3.05) is 31.6 Å². The Morgan fingerprint density at radius 1 is 1.02 bits per heavy atom. The summed E-state index contributed by atoms with van der Waals surface area (Å²) in [6.07, 6.45) is 0.444. The van der Waals surface area contributed by atoms with Crippen LogP contribution in [0.15, 0.2) is 47.3 Å². The Hall–Kier alpha value is -6.20. The van der Waals surface area contributed by atoms with Crippen molar-refractivity contribution in [3.8, 4) is 17.1 Å². The van der Waals surface area contributed by atoms with Crippen molar-refractivity contribution in [2.24, 2.45) is 5.73 Å². The van der Waals surface area contributed by atoms with Gasteiger partial charge in [0.2, 0.25) is 23.6 Å². The van der Waals surface area contributed by atoms with Gasteiger partial charge in [-0.15, -0.1) is 0 Å². The molecule has 5 heterocycles. The largest absolute Gasteiger partial charge is 0.490 e. The van der Waals surface area contributed by atoms with Crippen molar-refractivity contribution in [1.82, 2.24) is 25.5 Å². The first kappa shape index (κ1) is 36.2. The normalized spacial score (nSPS) is 16.9. The Labute approximate surface area is 306 Å². The second-order valence-corrected chi connectivity index (χ2v) is 13.1. The number of esters is 1. The molecular formula is C37H36FN7O9. The molecule has 17 heteroatoms. The van der Waals surface area contributed by atoms with Crippen molar-refractivity contribution < 1.29 is 42.9 Å². The van der Waals surface area contributed by atoms with Gasteiger partial charge in [0, 0.05) is 35.4 Å². The van der Waals surface area contributed by atoms with E-state index in [0.717, 1.165) is 17.2 Å². The van der Waals surface area contributed by atoms with Gasteiger partial charge in [0.15, 0.2) is 17.2 Å². The highest BCUT2D eigenvalue weighted by atomic mass is 19.1. The van der Waals surface area contributed by atoms with Crippen LogP contribution in [0.5, 0.6) is 5.75 Å². The van der Waals surface area contributed by atoms with Gasteiger partial charge in [-0.25, -0.2) is 14.2 Å². The highest BCUT2D eigenvalue weighted by Gasteiger charge is 2.45. The zero-order valence-corrected chi connectivity index (χ0v) is 29.0. The molecule has 0 fully saturated rings. The molecule has 0 spiro atoms. The highest BCUT2D eigenvalue weighted by molar-refractivity contribution is 6.03. The van der Waals surface area contributed by atoms with E-state index in [4.69, 9.17) is 20.2 Å². The molecule has 280 valence electrons. The number of aliphatic hydroxyl groups is 1. The lowest BCUT2D eigenvalue weighted by Crippen LogP contribution is -2.51. The molecule has 2 aromatic carbocycles. The van der Waals surface area contributed by atoms with Crippen LogP contribution < -0.4 is 37.3 Å². The Kier molecular flexibility index (Phi) is 9.59. The molecule has 7 N–H and O–H groups in total. The maximum absolute atomic E-state index is 15.8. The van der Waals surface area contributed by atoms with Crippen LogP contribution in [0.3, 0.4) is 0 Å². The molecule has 4 aromatic rings. The molecule has 0 bridgehead atoms. The van der Waals surface area contributed by atoms with Crippen LogP contribution >= 0.6 is 0 Å². The summed E-state index contributed by atoms with van der Waals surface area (Å²) in [4.78, 5) is 81.4. The predicted octanol–water partition coefficient (Wildman–Crippen LogP) is 0.0107. The Morgan fingerprint density at radius 3 is 2.52 bits per heavy atom. The third-order valence-electron chi connectivity index (χ3n) is 9.85. The lowest BCUT2D eigenvalue weighted by molar-refractivity contribution is -0.172. The summed E-state index contributed by atoms with van der Waals surface area (Å²) < 4.78 is 28.4. The molecule has 7 rings (SSSR count). The minimum Gasteiger partial charge on any atom is -0.490 e. The average Bonchev–Trinajstić information content (AvgIpc) is 3.55. The molecular weight excluding hydrogens is 705 g/mol. The SMILES string of the molecule is CC[C@@]1(O)C(=O)OCc2c1cc1n(c2=O)Cc2c-1nc1cc(F)c(NC(=O)CNC(=O)[C@H](Cc3ccccc3)NC(=O)CNC(=O)CN)c3c1c2CCO3. The van der Waals surface area contributed by atoms with Crippen molar-refractivity contribution >= 4 is 46.2 Å². The summed E-state index contributed by atoms with van der Waals surface area (Å²) in [5.41, 5.74) is 6.01. The third-order valence-corrected chi connectivity index (χ3v) is 9.85. The van der Waals surface area contributed by atoms with Crippen molar-refractivity contribution in [3.05, 3.63) is 86.5 Å². The quantitative estimate of drug-likeness (QED) is 0.0988.